The lowest BCUT2D eigenvalue weighted by molar-refractivity contribution is 1.17. The molecule has 2 nitrogen and oxygen atoms in total. The second-order valence-corrected chi connectivity index (χ2v) is 4.44. The standard InChI is InChI=1S/C17H14N2/c1-13-7-5-10-15(17-18-11-6-12-19-17)16(13)14-8-3-2-4-9-14/h2-12H,1H3. The Morgan fingerprint density at radius 2 is 1.47 bits per heavy atom. The number of benzene rings is 2. The van der Waals surface area contributed by atoms with Crippen LogP contribution in [-0.4, -0.2) is 9.97 Å². The van der Waals surface area contributed by atoms with Crippen LogP contribution < -0.4 is 0 Å². The van der Waals surface area contributed by atoms with Crippen LogP contribution in [0.3, 0.4) is 0 Å². The van der Waals surface area contributed by atoms with E-state index < -0.39 is 0 Å². The van der Waals surface area contributed by atoms with Gasteiger partial charge < -0.3 is 0 Å². The zero-order valence-corrected chi connectivity index (χ0v) is 10.7. The average Bonchev–Trinajstić information content (AvgIpc) is 2.49. The summed E-state index contributed by atoms with van der Waals surface area (Å²) in [6.07, 6.45) is 3.55. The van der Waals surface area contributed by atoms with Crippen molar-refractivity contribution in [1.82, 2.24) is 9.97 Å². The van der Waals surface area contributed by atoms with Gasteiger partial charge in [-0.05, 0) is 29.7 Å². The quantitative estimate of drug-likeness (QED) is 0.679. The Labute approximate surface area is 112 Å². The van der Waals surface area contributed by atoms with Gasteiger partial charge in [-0.15, -0.1) is 0 Å². The Kier molecular flexibility index (Phi) is 3.07. The Bertz CT molecular complexity index is 676. The first-order valence-corrected chi connectivity index (χ1v) is 6.28. The van der Waals surface area contributed by atoms with Crippen LogP contribution in [0.4, 0.5) is 0 Å². The van der Waals surface area contributed by atoms with Gasteiger partial charge in [0.05, 0.1) is 0 Å². The fourth-order valence-corrected chi connectivity index (χ4v) is 2.28. The molecule has 0 radical (unpaired) electrons. The topological polar surface area (TPSA) is 25.8 Å². The Morgan fingerprint density at radius 3 is 2.21 bits per heavy atom. The maximum Gasteiger partial charge on any atom is 0.159 e. The fourth-order valence-electron chi connectivity index (χ4n) is 2.28. The summed E-state index contributed by atoms with van der Waals surface area (Å²) in [5, 5.41) is 0. The zero-order chi connectivity index (χ0) is 13.1. The van der Waals surface area contributed by atoms with E-state index in [2.05, 4.69) is 53.3 Å². The second-order valence-electron chi connectivity index (χ2n) is 4.44. The molecule has 0 saturated carbocycles. The lowest BCUT2D eigenvalue weighted by Gasteiger charge is -2.11. The maximum atomic E-state index is 4.37. The van der Waals surface area contributed by atoms with Crippen LogP contribution in [0, 0.1) is 6.92 Å². The van der Waals surface area contributed by atoms with Crippen LogP contribution in [0.25, 0.3) is 22.5 Å². The summed E-state index contributed by atoms with van der Waals surface area (Å²) in [5.74, 6) is 0.769. The molecule has 92 valence electrons. The first-order valence-electron chi connectivity index (χ1n) is 6.28. The van der Waals surface area contributed by atoms with Gasteiger partial charge in [0.15, 0.2) is 5.82 Å². The van der Waals surface area contributed by atoms with E-state index >= 15 is 0 Å². The summed E-state index contributed by atoms with van der Waals surface area (Å²) >= 11 is 0. The second kappa shape index (κ2) is 5.02. The van der Waals surface area contributed by atoms with Gasteiger partial charge in [0.1, 0.15) is 0 Å². The van der Waals surface area contributed by atoms with Crippen LogP contribution in [0.5, 0.6) is 0 Å². The van der Waals surface area contributed by atoms with E-state index in [-0.39, 0.29) is 0 Å². The average molecular weight is 246 g/mol. The van der Waals surface area contributed by atoms with E-state index in [1.807, 2.05) is 18.2 Å². The molecule has 19 heavy (non-hydrogen) atoms. The number of nitrogens with zero attached hydrogens (tertiary/aromatic N) is 2. The molecule has 2 heteroatoms. The van der Waals surface area contributed by atoms with Gasteiger partial charge in [0.25, 0.3) is 0 Å². The highest BCUT2D eigenvalue weighted by molar-refractivity contribution is 5.82. The van der Waals surface area contributed by atoms with Gasteiger partial charge in [0.2, 0.25) is 0 Å². The van der Waals surface area contributed by atoms with Crippen molar-refractivity contribution in [3.8, 4) is 22.5 Å². The predicted molar refractivity (Wildman–Crippen MR) is 77.6 cm³/mol. The van der Waals surface area contributed by atoms with Crippen molar-refractivity contribution in [2.75, 3.05) is 0 Å². The summed E-state index contributed by atoms with van der Waals surface area (Å²) in [5.41, 5.74) is 4.71. The number of aromatic nitrogens is 2. The molecule has 0 aliphatic rings. The van der Waals surface area contributed by atoms with Crippen LogP contribution >= 0.6 is 0 Å². The Morgan fingerprint density at radius 1 is 0.737 bits per heavy atom. The molecule has 2 aromatic carbocycles. The van der Waals surface area contributed by atoms with Crippen molar-refractivity contribution in [3.63, 3.8) is 0 Å². The third-order valence-corrected chi connectivity index (χ3v) is 3.14. The molecule has 0 aliphatic carbocycles. The van der Waals surface area contributed by atoms with E-state index in [0.717, 1.165) is 11.4 Å². The minimum Gasteiger partial charge on any atom is -0.237 e. The van der Waals surface area contributed by atoms with Crippen molar-refractivity contribution in [2.24, 2.45) is 0 Å². The molecule has 0 unspecified atom stereocenters. The molecule has 0 N–H and O–H groups in total. The molecule has 1 aromatic heterocycles. The number of hydrogen-bond acceptors (Lipinski definition) is 2. The molecule has 0 atom stereocenters. The third-order valence-electron chi connectivity index (χ3n) is 3.14. The summed E-state index contributed by atoms with van der Waals surface area (Å²) in [7, 11) is 0. The Hall–Kier alpha value is -2.48. The lowest BCUT2D eigenvalue weighted by Crippen LogP contribution is -1.92. The minimum absolute atomic E-state index is 0.769. The van der Waals surface area contributed by atoms with Gasteiger partial charge >= 0.3 is 0 Å². The van der Waals surface area contributed by atoms with Gasteiger partial charge in [-0.1, -0.05) is 48.5 Å². The third kappa shape index (κ3) is 2.25. The minimum atomic E-state index is 0.769. The summed E-state index contributed by atoms with van der Waals surface area (Å²) in [6, 6.07) is 18.5. The Balaban J connectivity index is 2.25. The summed E-state index contributed by atoms with van der Waals surface area (Å²) in [6.45, 7) is 2.12. The van der Waals surface area contributed by atoms with E-state index in [1.54, 1.807) is 12.4 Å². The van der Waals surface area contributed by atoms with Gasteiger partial charge in [-0.25, -0.2) is 9.97 Å². The molecule has 0 spiro atoms. The highest BCUT2D eigenvalue weighted by Gasteiger charge is 2.11. The molecule has 3 rings (SSSR count). The molecule has 0 aliphatic heterocycles. The van der Waals surface area contributed by atoms with E-state index in [4.69, 9.17) is 0 Å². The van der Waals surface area contributed by atoms with Crippen LogP contribution in [0.1, 0.15) is 5.56 Å². The van der Waals surface area contributed by atoms with Gasteiger partial charge in [-0.3, -0.25) is 0 Å². The van der Waals surface area contributed by atoms with Crippen LogP contribution in [0.15, 0.2) is 67.0 Å². The van der Waals surface area contributed by atoms with Crippen molar-refractivity contribution >= 4 is 0 Å². The maximum absolute atomic E-state index is 4.37. The molecule has 0 fully saturated rings. The number of aryl methyl sites for hydroxylation is 1. The molecule has 0 bridgehead atoms. The number of hydrogen-bond donors (Lipinski definition) is 0. The number of rotatable bonds is 2. The summed E-state index contributed by atoms with van der Waals surface area (Å²) in [4.78, 5) is 8.73. The predicted octanol–water partition coefficient (Wildman–Crippen LogP) is 4.12. The van der Waals surface area contributed by atoms with Gasteiger partial charge in [0, 0.05) is 18.0 Å². The largest absolute Gasteiger partial charge is 0.237 e. The first kappa shape index (κ1) is 11.6. The fraction of sp³-hybridized carbons (Fsp3) is 0.0588. The highest BCUT2D eigenvalue weighted by atomic mass is 14.9. The summed E-state index contributed by atoms with van der Waals surface area (Å²) < 4.78 is 0. The van der Waals surface area contributed by atoms with Crippen molar-refractivity contribution in [2.45, 2.75) is 6.92 Å². The van der Waals surface area contributed by atoms with Crippen LogP contribution in [-0.2, 0) is 0 Å². The smallest absolute Gasteiger partial charge is 0.159 e. The molecule has 0 amide bonds. The van der Waals surface area contributed by atoms with Crippen molar-refractivity contribution < 1.29 is 0 Å². The molecule has 0 saturated heterocycles. The molecular weight excluding hydrogens is 232 g/mol. The van der Waals surface area contributed by atoms with E-state index in [1.165, 1.54) is 16.7 Å². The van der Waals surface area contributed by atoms with Crippen molar-refractivity contribution in [1.29, 1.82) is 0 Å². The first-order chi connectivity index (χ1) is 9.36. The lowest BCUT2D eigenvalue weighted by atomic mass is 9.94. The zero-order valence-electron chi connectivity index (χ0n) is 10.7. The normalized spacial score (nSPS) is 10.4. The van der Waals surface area contributed by atoms with Crippen molar-refractivity contribution in [3.05, 3.63) is 72.6 Å². The molecule has 1 heterocycles. The molecule has 3 aromatic rings. The van der Waals surface area contributed by atoms with E-state index in [9.17, 15) is 0 Å². The van der Waals surface area contributed by atoms with Crippen LogP contribution in [0.2, 0.25) is 0 Å². The highest BCUT2D eigenvalue weighted by Crippen LogP contribution is 2.32. The SMILES string of the molecule is Cc1cccc(-c2ncccn2)c1-c1ccccc1. The van der Waals surface area contributed by atoms with E-state index in [0.29, 0.717) is 0 Å². The monoisotopic (exact) mass is 246 g/mol. The molecular formula is C17H14N2. The van der Waals surface area contributed by atoms with Gasteiger partial charge in [-0.2, -0.15) is 0 Å².